The fourth-order valence-electron chi connectivity index (χ4n) is 1.63. The molecule has 0 aromatic heterocycles. The second-order valence-corrected chi connectivity index (χ2v) is 3.09. The van der Waals surface area contributed by atoms with Gasteiger partial charge in [-0.25, -0.2) is 0 Å². The van der Waals surface area contributed by atoms with Crippen LogP contribution in [0.3, 0.4) is 0 Å². The Balaban J connectivity index is 1.78. The third-order valence-corrected chi connectivity index (χ3v) is 2.43. The topological polar surface area (TPSA) is 12.5 Å². The average molecular weight is 140 g/mol. The minimum absolute atomic E-state index is 0.832. The van der Waals surface area contributed by atoms with E-state index in [1.165, 1.54) is 25.9 Å². The van der Waals surface area contributed by atoms with Gasteiger partial charge in [-0.15, -0.1) is 0 Å². The Morgan fingerprint density at radius 2 is 1.90 bits per heavy atom. The van der Waals surface area contributed by atoms with Crippen LogP contribution in [-0.2, 0) is 4.74 Å². The molecule has 2 fully saturated rings. The smallest absolute Gasteiger partial charge is 0.0480 e. The molecule has 2 aliphatic rings. The van der Waals surface area contributed by atoms with Crippen molar-refractivity contribution in [3.8, 4) is 0 Å². The number of rotatable bonds is 1. The molecule has 0 spiro atoms. The molecule has 1 radical (unpaired) electrons. The summed E-state index contributed by atoms with van der Waals surface area (Å²) in [6, 6.07) is 0.832. The van der Waals surface area contributed by atoms with E-state index in [1.54, 1.807) is 0 Å². The second-order valence-electron chi connectivity index (χ2n) is 3.09. The van der Waals surface area contributed by atoms with Crippen molar-refractivity contribution in [1.82, 2.24) is 4.90 Å². The molecule has 0 aliphatic carbocycles. The molecule has 2 rings (SSSR count). The number of hydrogen-bond donors (Lipinski definition) is 0. The number of hydrogen-bond acceptors (Lipinski definition) is 2. The van der Waals surface area contributed by atoms with Gasteiger partial charge in [-0.1, -0.05) is 0 Å². The van der Waals surface area contributed by atoms with Gasteiger partial charge in [-0.3, -0.25) is 4.90 Å². The lowest BCUT2D eigenvalue weighted by atomic mass is 10.0. The monoisotopic (exact) mass is 140 g/mol. The van der Waals surface area contributed by atoms with Crippen LogP contribution in [-0.4, -0.2) is 37.2 Å². The lowest BCUT2D eigenvalue weighted by Gasteiger charge is -2.39. The normalized spacial score (nSPS) is 30.0. The molecular formula is C8H14NO. The number of ether oxygens (including phenoxy) is 1. The Morgan fingerprint density at radius 3 is 2.40 bits per heavy atom. The highest BCUT2D eigenvalue weighted by atomic mass is 16.5. The largest absolute Gasteiger partial charge is 0.381 e. The first-order valence-corrected chi connectivity index (χ1v) is 4.10. The Kier molecular flexibility index (Phi) is 1.91. The predicted molar refractivity (Wildman–Crippen MR) is 39.7 cm³/mol. The van der Waals surface area contributed by atoms with Crippen molar-refractivity contribution in [3.63, 3.8) is 0 Å². The lowest BCUT2D eigenvalue weighted by Crippen LogP contribution is -2.47. The molecule has 0 aromatic rings. The minimum atomic E-state index is 0.832. The van der Waals surface area contributed by atoms with Gasteiger partial charge in [0.1, 0.15) is 0 Å². The van der Waals surface area contributed by atoms with Gasteiger partial charge < -0.3 is 4.74 Å². The Hall–Kier alpha value is -0.0800. The van der Waals surface area contributed by atoms with Gasteiger partial charge in [0.05, 0.1) is 0 Å². The van der Waals surface area contributed by atoms with E-state index in [0.717, 1.165) is 19.3 Å². The first kappa shape index (κ1) is 6.62. The molecule has 2 aliphatic heterocycles. The van der Waals surface area contributed by atoms with E-state index >= 15 is 0 Å². The van der Waals surface area contributed by atoms with Crippen molar-refractivity contribution in [2.24, 2.45) is 0 Å². The van der Waals surface area contributed by atoms with Crippen molar-refractivity contribution in [2.45, 2.75) is 18.9 Å². The summed E-state index contributed by atoms with van der Waals surface area (Å²) < 4.78 is 5.28. The van der Waals surface area contributed by atoms with Crippen molar-refractivity contribution in [2.75, 3.05) is 26.3 Å². The molecule has 10 heavy (non-hydrogen) atoms. The van der Waals surface area contributed by atoms with E-state index in [-0.39, 0.29) is 0 Å². The van der Waals surface area contributed by atoms with Gasteiger partial charge in [-0.05, 0) is 19.3 Å². The summed E-state index contributed by atoms with van der Waals surface area (Å²) in [5, 5.41) is 0. The van der Waals surface area contributed by atoms with Crippen LogP contribution in [0.15, 0.2) is 0 Å². The Labute approximate surface area is 62.2 Å². The van der Waals surface area contributed by atoms with E-state index in [2.05, 4.69) is 11.3 Å². The molecule has 0 bridgehead atoms. The lowest BCUT2D eigenvalue weighted by molar-refractivity contribution is 0.0259. The van der Waals surface area contributed by atoms with Gasteiger partial charge in [0.15, 0.2) is 0 Å². The zero-order valence-electron chi connectivity index (χ0n) is 6.25. The second kappa shape index (κ2) is 2.89. The van der Waals surface area contributed by atoms with Crippen LogP contribution in [0, 0.1) is 6.42 Å². The fourth-order valence-corrected chi connectivity index (χ4v) is 1.63. The Morgan fingerprint density at radius 1 is 1.20 bits per heavy atom. The molecule has 2 heterocycles. The van der Waals surface area contributed by atoms with E-state index in [4.69, 9.17) is 4.74 Å². The van der Waals surface area contributed by atoms with Crippen LogP contribution in [0.1, 0.15) is 12.8 Å². The standard InChI is InChI=1S/C8H14NO/c1-4-9(5-1)8-2-6-10-7-3-8/h1,8H,2-7H2. The van der Waals surface area contributed by atoms with Gasteiger partial charge in [-0.2, -0.15) is 0 Å². The molecule has 57 valence electrons. The van der Waals surface area contributed by atoms with Gasteiger partial charge in [0.25, 0.3) is 0 Å². The molecule has 0 amide bonds. The zero-order chi connectivity index (χ0) is 6.81. The summed E-state index contributed by atoms with van der Waals surface area (Å²) in [4.78, 5) is 2.53. The number of likely N-dealkylation sites (tertiary alicyclic amines) is 1. The molecule has 0 N–H and O–H groups in total. The Bertz CT molecular complexity index is 106. The third-order valence-electron chi connectivity index (χ3n) is 2.43. The van der Waals surface area contributed by atoms with E-state index in [0.29, 0.717) is 0 Å². The molecule has 2 nitrogen and oxygen atoms in total. The summed E-state index contributed by atoms with van der Waals surface area (Å²) in [5.74, 6) is 0. The van der Waals surface area contributed by atoms with E-state index in [9.17, 15) is 0 Å². The first-order valence-electron chi connectivity index (χ1n) is 4.10. The highest BCUT2D eigenvalue weighted by molar-refractivity contribution is 4.91. The molecule has 0 unspecified atom stereocenters. The summed E-state index contributed by atoms with van der Waals surface area (Å²) in [6.07, 6.45) is 4.82. The highest BCUT2D eigenvalue weighted by Crippen LogP contribution is 2.18. The quantitative estimate of drug-likeness (QED) is 0.531. The van der Waals surface area contributed by atoms with Gasteiger partial charge in [0, 0.05) is 32.3 Å². The molecule has 0 atom stereocenters. The molecule has 2 saturated heterocycles. The predicted octanol–water partition coefficient (Wildman–Crippen LogP) is 0.685. The van der Waals surface area contributed by atoms with Crippen LogP contribution in [0.25, 0.3) is 0 Å². The highest BCUT2D eigenvalue weighted by Gasteiger charge is 2.25. The zero-order valence-corrected chi connectivity index (χ0v) is 6.25. The average Bonchev–Trinajstić information content (AvgIpc) is 1.86. The molecular weight excluding hydrogens is 126 g/mol. The third kappa shape index (κ3) is 1.18. The van der Waals surface area contributed by atoms with Crippen LogP contribution in [0.5, 0.6) is 0 Å². The first-order chi connectivity index (χ1) is 4.97. The van der Waals surface area contributed by atoms with Crippen molar-refractivity contribution < 1.29 is 4.74 Å². The van der Waals surface area contributed by atoms with Crippen LogP contribution in [0.2, 0.25) is 0 Å². The van der Waals surface area contributed by atoms with Crippen LogP contribution >= 0.6 is 0 Å². The SMILES string of the molecule is [CH]1CN(C2CCOCC2)C1. The summed E-state index contributed by atoms with van der Waals surface area (Å²) in [7, 11) is 0. The molecule has 0 aromatic carbocycles. The van der Waals surface area contributed by atoms with Gasteiger partial charge >= 0.3 is 0 Å². The summed E-state index contributed by atoms with van der Waals surface area (Å²) in [5.41, 5.74) is 0. The maximum atomic E-state index is 5.28. The van der Waals surface area contributed by atoms with Crippen molar-refractivity contribution >= 4 is 0 Å². The van der Waals surface area contributed by atoms with E-state index in [1.807, 2.05) is 0 Å². The molecule has 0 saturated carbocycles. The van der Waals surface area contributed by atoms with Gasteiger partial charge in [0.2, 0.25) is 0 Å². The van der Waals surface area contributed by atoms with Crippen molar-refractivity contribution in [1.29, 1.82) is 0 Å². The van der Waals surface area contributed by atoms with Crippen LogP contribution in [0.4, 0.5) is 0 Å². The molecule has 2 heteroatoms. The van der Waals surface area contributed by atoms with Crippen LogP contribution < -0.4 is 0 Å². The maximum absolute atomic E-state index is 5.28. The number of nitrogens with zero attached hydrogens (tertiary/aromatic N) is 1. The van der Waals surface area contributed by atoms with Crippen molar-refractivity contribution in [3.05, 3.63) is 6.42 Å². The summed E-state index contributed by atoms with van der Waals surface area (Å²) in [6.45, 7) is 4.37. The maximum Gasteiger partial charge on any atom is 0.0480 e. The van der Waals surface area contributed by atoms with E-state index < -0.39 is 0 Å². The fraction of sp³-hybridized carbons (Fsp3) is 0.875. The minimum Gasteiger partial charge on any atom is -0.381 e. The summed E-state index contributed by atoms with van der Waals surface area (Å²) >= 11 is 0.